The average Bonchev–Trinajstić information content (AvgIpc) is 2.55. The molecule has 0 aromatic carbocycles. The van der Waals surface area contributed by atoms with Crippen LogP contribution in [-0.2, 0) is 9.53 Å². The van der Waals surface area contributed by atoms with Gasteiger partial charge in [0.05, 0.1) is 12.0 Å². The summed E-state index contributed by atoms with van der Waals surface area (Å²) in [6.07, 6.45) is 0.298. The van der Waals surface area contributed by atoms with Crippen molar-refractivity contribution >= 4 is 5.97 Å². The van der Waals surface area contributed by atoms with Crippen molar-refractivity contribution in [2.45, 2.75) is 25.6 Å². The number of ether oxygens (including phenoxy) is 1. The van der Waals surface area contributed by atoms with Gasteiger partial charge in [-0.25, -0.2) is 0 Å². The van der Waals surface area contributed by atoms with Crippen LogP contribution in [0.15, 0.2) is 0 Å². The molecule has 0 amide bonds. The Labute approximate surface area is 70.7 Å². The summed E-state index contributed by atoms with van der Waals surface area (Å²) in [6, 6.07) is 0. The van der Waals surface area contributed by atoms with Crippen molar-refractivity contribution in [3.63, 3.8) is 0 Å². The number of hydrogen-bond donors (Lipinski definition) is 1. The van der Waals surface area contributed by atoms with Gasteiger partial charge in [0.15, 0.2) is 0 Å². The molecule has 0 aromatic rings. The van der Waals surface area contributed by atoms with Gasteiger partial charge >= 0.3 is 5.97 Å². The number of fused-ring (bicyclic) bond motifs is 1. The standard InChI is InChI=1S/C9H12O3/c1-3-4-2-5-6(3)8(7(4)10)12-9(5)11/h3-8,10H,2H2,1H3/t3-,4?,5?,6?,7?,8?/m0/s1. The average molecular weight is 168 g/mol. The highest BCUT2D eigenvalue weighted by Gasteiger charge is 2.65. The minimum absolute atomic E-state index is 0.0732. The maximum absolute atomic E-state index is 11.3. The number of esters is 1. The molecule has 0 radical (unpaired) electrons. The monoisotopic (exact) mass is 168 g/mol. The Hall–Kier alpha value is -0.570. The fourth-order valence-electron chi connectivity index (χ4n) is 3.39. The molecule has 1 aliphatic heterocycles. The largest absolute Gasteiger partial charge is 0.459 e. The van der Waals surface area contributed by atoms with Crippen molar-refractivity contribution in [2.75, 3.05) is 0 Å². The van der Waals surface area contributed by atoms with Crippen LogP contribution in [0.1, 0.15) is 13.3 Å². The van der Waals surface area contributed by atoms with E-state index in [1.165, 1.54) is 0 Å². The van der Waals surface area contributed by atoms with E-state index in [4.69, 9.17) is 4.74 Å². The fourth-order valence-corrected chi connectivity index (χ4v) is 3.39. The zero-order valence-corrected chi connectivity index (χ0v) is 6.93. The molecular formula is C9H12O3. The Bertz CT molecular complexity index is 246. The topological polar surface area (TPSA) is 46.5 Å². The maximum Gasteiger partial charge on any atom is 0.309 e. The summed E-state index contributed by atoms with van der Waals surface area (Å²) in [6.45, 7) is 2.13. The smallest absolute Gasteiger partial charge is 0.309 e. The lowest BCUT2D eigenvalue weighted by Gasteiger charge is -2.19. The van der Waals surface area contributed by atoms with Crippen LogP contribution < -0.4 is 0 Å². The molecule has 2 aliphatic carbocycles. The fraction of sp³-hybridized carbons (Fsp3) is 0.889. The van der Waals surface area contributed by atoms with E-state index in [1.54, 1.807) is 0 Å². The molecule has 3 rings (SSSR count). The van der Waals surface area contributed by atoms with Crippen LogP contribution in [0.3, 0.4) is 0 Å². The van der Waals surface area contributed by atoms with Crippen LogP contribution in [0, 0.1) is 23.7 Å². The summed E-state index contributed by atoms with van der Waals surface area (Å²) in [5.74, 6) is 1.14. The van der Waals surface area contributed by atoms with E-state index >= 15 is 0 Å². The molecule has 1 saturated heterocycles. The Morgan fingerprint density at radius 1 is 1.58 bits per heavy atom. The van der Waals surface area contributed by atoms with Crippen molar-refractivity contribution in [1.29, 1.82) is 0 Å². The maximum atomic E-state index is 11.3. The van der Waals surface area contributed by atoms with E-state index in [1.807, 2.05) is 0 Å². The molecule has 2 saturated carbocycles. The molecule has 3 nitrogen and oxygen atoms in total. The van der Waals surface area contributed by atoms with Gasteiger partial charge in [-0.2, -0.15) is 0 Å². The number of aliphatic hydroxyl groups is 1. The Balaban J connectivity index is 2.06. The molecule has 0 spiro atoms. The summed E-state index contributed by atoms with van der Waals surface area (Å²) in [4.78, 5) is 11.3. The van der Waals surface area contributed by atoms with Gasteiger partial charge in [0.2, 0.25) is 0 Å². The van der Waals surface area contributed by atoms with Crippen LogP contribution in [0.4, 0.5) is 0 Å². The third-order valence-corrected chi connectivity index (χ3v) is 3.98. The van der Waals surface area contributed by atoms with Crippen molar-refractivity contribution < 1.29 is 14.6 Å². The number of carbonyl (C=O) groups is 1. The molecule has 3 fully saturated rings. The highest BCUT2D eigenvalue weighted by atomic mass is 16.6. The van der Waals surface area contributed by atoms with Crippen molar-refractivity contribution in [3.05, 3.63) is 0 Å². The first-order valence-corrected chi connectivity index (χ1v) is 4.58. The molecule has 12 heavy (non-hydrogen) atoms. The highest BCUT2D eigenvalue weighted by Crippen LogP contribution is 2.57. The summed E-state index contributed by atoms with van der Waals surface area (Å²) in [5, 5.41) is 9.72. The predicted octanol–water partition coefficient (Wildman–Crippen LogP) is 0.175. The second-order valence-electron chi connectivity index (χ2n) is 4.33. The normalized spacial score (nSPS) is 61.0. The predicted molar refractivity (Wildman–Crippen MR) is 40.1 cm³/mol. The molecular weight excluding hydrogens is 156 g/mol. The van der Waals surface area contributed by atoms with Crippen LogP contribution >= 0.6 is 0 Å². The number of hydrogen-bond acceptors (Lipinski definition) is 3. The molecule has 3 heteroatoms. The van der Waals surface area contributed by atoms with Gasteiger partial charge in [0.1, 0.15) is 6.10 Å². The van der Waals surface area contributed by atoms with Gasteiger partial charge in [-0.15, -0.1) is 0 Å². The molecule has 5 unspecified atom stereocenters. The summed E-state index contributed by atoms with van der Waals surface area (Å²) < 4.78 is 5.13. The molecule has 2 bridgehead atoms. The Morgan fingerprint density at radius 2 is 2.33 bits per heavy atom. The lowest BCUT2D eigenvalue weighted by Crippen LogP contribution is -2.31. The summed E-state index contributed by atoms with van der Waals surface area (Å²) in [5.41, 5.74) is 0. The van der Waals surface area contributed by atoms with E-state index in [0.717, 1.165) is 6.42 Å². The van der Waals surface area contributed by atoms with Crippen molar-refractivity contribution in [1.82, 2.24) is 0 Å². The minimum atomic E-state index is -0.382. The number of aliphatic hydroxyl groups excluding tert-OH is 1. The molecule has 6 atom stereocenters. The van der Waals surface area contributed by atoms with Gasteiger partial charge in [0.25, 0.3) is 0 Å². The summed E-state index contributed by atoms with van der Waals surface area (Å²) >= 11 is 0. The van der Waals surface area contributed by atoms with E-state index in [0.29, 0.717) is 17.8 Å². The SMILES string of the molecule is C[C@H]1C2CC3C(=O)OC(C2O)C31. The first kappa shape index (κ1) is 6.89. The van der Waals surface area contributed by atoms with Crippen LogP contribution in [-0.4, -0.2) is 23.3 Å². The molecule has 1 heterocycles. The molecule has 66 valence electrons. The zero-order chi connectivity index (χ0) is 8.46. The molecule has 0 aromatic heterocycles. The first-order chi connectivity index (χ1) is 5.70. The second kappa shape index (κ2) is 1.84. The number of carbonyl (C=O) groups excluding carboxylic acids is 1. The second-order valence-corrected chi connectivity index (χ2v) is 4.33. The lowest BCUT2D eigenvalue weighted by atomic mass is 9.88. The quantitative estimate of drug-likeness (QED) is 0.525. The van der Waals surface area contributed by atoms with Gasteiger partial charge in [-0.05, 0) is 18.3 Å². The molecule has 3 aliphatic rings. The third-order valence-electron chi connectivity index (χ3n) is 3.98. The van der Waals surface area contributed by atoms with E-state index in [9.17, 15) is 9.90 Å². The van der Waals surface area contributed by atoms with Gasteiger partial charge in [0, 0.05) is 5.92 Å². The number of rotatable bonds is 0. The van der Waals surface area contributed by atoms with Crippen molar-refractivity contribution in [3.8, 4) is 0 Å². The van der Waals surface area contributed by atoms with E-state index < -0.39 is 0 Å². The minimum Gasteiger partial charge on any atom is -0.459 e. The zero-order valence-electron chi connectivity index (χ0n) is 6.93. The van der Waals surface area contributed by atoms with Gasteiger partial charge in [-0.3, -0.25) is 4.79 Å². The van der Waals surface area contributed by atoms with Gasteiger partial charge < -0.3 is 9.84 Å². The van der Waals surface area contributed by atoms with Crippen LogP contribution in [0.25, 0.3) is 0 Å². The highest BCUT2D eigenvalue weighted by molar-refractivity contribution is 5.76. The van der Waals surface area contributed by atoms with Crippen LogP contribution in [0.2, 0.25) is 0 Å². The van der Waals surface area contributed by atoms with Crippen molar-refractivity contribution in [2.24, 2.45) is 23.7 Å². The first-order valence-electron chi connectivity index (χ1n) is 4.58. The lowest BCUT2D eigenvalue weighted by molar-refractivity contribution is -0.145. The Kier molecular flexibility index (Phi) is 1.06. The van der Waals surface area contributed by atoms with Crippen LogP contribution in [0.5, 0.6) is 0 Å². The van der Waals surface area contributed by atoms with Gasteiger partial charge in [-0.1, -0.05) is 6.92 Å². The molecule has 1 N–H and O–H groups in total. The Morgan fingerprint density at radius 3 is 2.92 bits per heavy atom. The van der Waals surface area contributed by atoms with E-state index in [-0.39, 0.29) is 24.1 Å². The third kappa shape index (κ3) is 0.534. The summed E-state index contributed by atoms with van der Waals surface area (Å²) in [7, 11) is 0. The van der Waals surface area contributed by atoms with E-state index in [2.05, 4.69) is 6.92 Å².